The van der Waals surface area contributed by atoms with Crippen LogP contribution in [0.2, 0.25) is 0 Å². The van der Waals surface area contributed by atoms with Crippen LogP contribution in [0.5, 0.6) is 0 Å². The molecule has 0 aliphatic heterocycles. The second kappa shape index (κ2) is 9.62. The van der Waals surface area contributed by atoms with Gasteiger partial charge in [0.25, 0.3) is 0 Å². The van der Waals surface area contributed by atoms with Crippen molar-refractivity contribution in [1.29, 1.82) is 0 Å². The zero-order chi connectivity index (χ0) is 17.2. The lowest BCUT2D eigenvalue weighted by Gasteiger charge is -2.24. The summed E-state index contributed by atoms with van der Waals surface area (Å²) in [7, 11) is 1.63. The molecule has 1 N–H and O–H groups in total. The summed E-state index contributed by atoms with van der Waals surface area (Å²) in [6, 6.07) is 11.3. The van der Waals surface area contributed by atoms with Gasteiger partial charge in [0.15, 0.2) is 0 Å². The molecule has 2 amide bonds. The van der Waals surface area contributed by atoms with Crippen LogP contribution in [0.4, 0.5) is 4.79 Å². The van der Waals surface area contributed by atoms with Gasteiger partial charge in [-0.05, 0) is 31.2 Å². The van der Waals surface area contributed by atoms with E-state index in [9.17, 15) is 4.79 Å². The average molecular weight is 328 g/mol. The third-order valence-electron chi connectivity index (χ3n) is 3.54. The molecule has 1 unspecified atom stereocenters. The minimum absolute atomic E-state index is 0.0128. The third kappa shape index (κ3) is 5.96. The molecule has 6 heteroatoms. The fraction of sp³-hybridized carbons (Fsp3) is 0.389. The molecule has 0 saturated heterocycles. The maximum absolute atomic E-state index is 12.6. The number of aromatic nitrogens is 2. The second-order valence-corrected chi connectivity index (χ2v) is 5.61. The normalized spacial score (nSPS) is 11.8. The fourth-order valence-electron chi connectivity index (χ4n) is 2.33. The van der Waals surface area contributed by atoms with Crippen LogP contribution in [-0.2, 0) is 17.7 Å². The maximum atomic E-state index is 12.6. The number of carbonyl (C=O) groups is 1. The van der Waals surface area contributed by atoms with Crippen molar-refractivity contribution in [3.63, 3.8) is 0 Å². The Kier molecular flexibility index (Phi) is 7.17. The molecule has 0 saturated carbocycles. The molecule has 6 nitrogen and oxygen atoms in total. The first kappa shape index (κ1) is 17.9. The molecular weight excluding hydrogens is 304 g/mol. The number of nitrogens with one attached hydrogen (secondary N) is 1. The smallest absolute Gasteiger partial charge is 0.318 e. The Bertz CT molecular complexity index is 607. The Labute approximate surface area is 142 Å². The maximum Gasteiger partial charge on any atom is 0.318 e. The SMILES string of the molecule is COCCN(Cc1ccccn1)C(=O)NC(C)Cc1ccccn1. The number of amides is 2. The van der Waals surface area contributed by atoms with Crippen LogP contribution < -0.4 is 5.32 Å². The number of rotatable bonds is 8. The molecule has 2 aromatic rings. The minimum Gasteiger partial charge on any atom is -0.383 e. The number of nitrogens with zero attached hydrogens (tertiary/aromatic N) is 3. The highest BCUT2D eigenvalue weighted by Gasteiger charge is 2.17. The number of carbonyl (C=O) groups excluding carboxylic acids is 1. The van der Waals surface area contributed by atoms with Crippen LogP contribution in [0.15, 0.2) is 48.8 Å². The number of urea groups is 1. The zero-order valence-corrected chi connectivity index (χ0v) is 14.2. The van der Waals surface area contributed by atoms with Crippen LogP contribution in [0, 0.1) is 0 Å². The largest absolute Gasteiger partial charge is 0.383 e. The summed E-state index contributed by atoms with van der Waals surface area (Å²) >= 11 is 0. The van der Waals surface area contributed by atoms with Gasteiger partial charge in [0.05, 0.1) is 18.8 Å². The minimum atomic E-state index is -0.124. The summed E-state index contributed by atoms with van der Waals surface area (Å²) in [6.45, 7) is 3.41. The molecule has 0 fully saturated rings. The first-order valence-corrected chi connectivity index (χ1v) is 8.03. The Balaban J connectivity index is 1.93. The van der Waals surface area contributed by atoms with Crippen molar-refractivity contribution in [2.45, 2.75) is 25.9 Å². The molecule has 0 bridgehead atoms. The van der Waals surface area contributed by atoms with Gasteiger partial charge in [-0.3, -0.25) is 9.97 Å². The predicted molar refractivity (Wildman–Crippen MR) is 92.5 cm³/mol. The van der Waals surface area contributed by atoms with E-state index < -0.39 is 0 Å². The number of hydrogen-bond acceptors (Lipinski definition) is 4. The Morgan fingerprint density at radius 1 is 1.17 bits per heavy atom. The first-order chi connectivity index (χ1) is 11.7. The highest BCUT2D eigenvalue weighted by molar-refractivity contribution is 5.74. The van der Waals surface area contributed by atoms with E-state index in [4.69, 9.17) is 4.74 Å². The number of methoxy groups -OCH3 is 1. The van der Waals surface area contributed by atoms with E-state index in [1.165, 1.54) is 0 Å². The average Bonchev–Trinajstić information content (AvgIpc) is 2.60. The lowest BCUT2D eigenvalue weighted by molar-refractivity contribution is 0.144. The summed E-state index contributed by atoms with van der Waals surface area (Å²) in [5.74, 6) is 0. The Morgan fingerprint density at radius 2 is 1.83 bits per heavy atom. The summed E-state index contributed by atoms with van der Waals surface area (Å²) in [4.78, 5) is 22.9. The van der Waals surface area contributed by atoms with E-state index in [0.29, 0.717) is 26.1 Å². The van der Waals surface area contributed by atoms with Gasteiger partial charge in [-0.25, -0.2) is 4.79 Å². The summed E-state index contributed by atoms with van der Waals surface area (Å²) in [5.41, 5.74) is 1.81. The van der Waals surface area contributed by atoms with Gasteiger partial charge in [-0.15, -0.1) is 0 Å². The van der Waals surface area contributed by atoms with Crippen LogP contribution >= 0.6 is 0 Å². The topological polar surface area (TPSA) is 67.3 Å². The van der Waals surface area contributed by atoms with Crippen molar-refractivity contribution in [3.05, 3.63) is 60.2 Å². The van der Waals surface area contributed by atoms with Crippen molar-refractivity contribution < 1.29 is 9.53 Å². The van der Waals surface area contributed by atoms with Crippen LogP contribution in [0.3, 0.4) is 0 Å². The zero-order valence-electron chi connectivity index (χ0n) is 14.2. The second-order valence-electron chi connectivity index (χ2n) is 5.61. The molecule has 0 aliphatic rings. The van der Waals surface area contributed by atoms with Crippen molar-refractivity contribution in [2.75, 3.05) is 20.3 Å². The van der Waals surface area contributed by atoms with Crippen molar-refractivity contribution >= 4 is 6.03 Å². The summed E-state index contributed by atoms with van der Waals surface area (Å²) in [5, 5.41) is 3.02. The van der Waals surface area contributed by atoms with E-state index in [1.54, 1.807) is 24.4 Å². The standard InChI is InChI=1S/C18H24N4O2/c1-15(13-16-7-3-5-9-19-16)21-18(23)22(11-12-24-2)14-17-8-4-6-10-20-17/h3-10,15H,11-14H2,1-2H3,(H,21,23). The highest BCUT2D eigenvalue weighted by Crippen LogP contribution is 2.04. The lowest BCUT2D eigenvalue weighted by Crippen LogP contribution is -2.45. The van der Waals surface area contributed by atoms with Gasteiger partial charge in [0.2, 0.25) is 0 Å². The molecule has 2 aromatic heterocycles. The summed E-state index contributed by atoms with van der Waals surface area (Å²) < 4.78 is 5.11. The molecule has 2 heterocycles. The quantitative estimate of drug-likeness (QED) is 0.807. The predicted octanol–water partition coefficient (Wildman–Crippen LogP) is 2.27. The van der Waals surface area contributed by atoms with Crippen molar-refractivity contribution in [2.24, 2.45) is 0 Å². The lowest BCUT2D eigenvalue weighted by atomic mass is 10.1. The van der Waals surface area contributed by atoms with E-state index in [2.05, 4.69) is 15.3 Å². The Morgan fingerprint density at radius 3 is 2.42 bits per heavy atom. The van der Waals surface area contributed by atoms with Crippen molar-refractivity contribution in [1.82, 2.24) is 20.2 Å². The molecule has 2 rings (SSSR count). The molecule has 24 heavy (non-hydrogen) atoms. The fourth-order valence-corrected chi connectivity index (χ4v) is 2.33. The van der Waals surface area contributed by atoms with Gasteiger partial charge in [-0.1, -0.05) is 12.1 Å². The van der Waals surface area contributed by atoms with E-state index in [1.807, 2.05) is 43.3 Å². The molecular formula is C18H24N4O2. The van der Waals surface area contributed by atoms with Crippen LogP contribution in [0.25, 0.3) is 0 Å². The van der Waals surface area contributed by atoms with Crippen LogP contribution in [0.1, 0.15) is 18.3 Å². The van der Waals surface area contributed by atoms with Crippen LogP contribution in [-0.4, -0.2) is 47.2 Å². The van der Waals surface area contributed by atoms with Gasteiger partial charge >= 0.3 is 6.03 Å². The van der Waals surface area contributed by atoms with Gasteiger partial charge in [0, 0.05) is 44.2 Å². The molecule has 0 radical (unpaired) electrons. The molecule has 0 spiro atoms. The highest BCUT2D eigenvalue weighted by atomic mass is 16.5. The molecule has 1 atom stereocenters. The molecule has 128 valence electrons. The first-order valence-electron chi connectivity index (χ1n) is 8.03. The van der Waals surface area contributed by atoms with Gasteiger partial charge in [0.1, 0.15) is 0 Å². The van der Waals surface area contributed by atoms with Gasteiger partial charge in [-0.2, -0.15) is 0 Å². The monoisotopic (exact) mass is 328 g/mol. The summed E-state index contributed by atoms with van der Waals surface area (Å²) in [6.07, 6.45) is 4.18. The Hall–Kier alpha value is -2.47. The number of ether oxygens (including phenoxy) is 1. The third-order valence-corrected chi connectivity index (χ3v) is 3.54. The van der Waals surface area contributed by atoms with Gasteiger partial charge < -0.3 is 15.0 Å². The molecule has 0 aromatic carbocycles. The molecule has 0 aliphatic carbocycles. The van der Waals surface area contributed by atoms with E-state index >= 15 is 0 Å². The van der Waals surface area contributed by atoms with E-state index in [0.717, 1.165) is 11.4 Å². The van der Waals surface area contributed by atoms with E-state index in [-0.39, 0.29) is 12.1 Å². The number of hydrogen-bond donors (Lipinski definition) is 1. The van der Waals surface area contributed by atoms with Crippen molar-refractivity contribution in [3.8, 4) is 0 Å². The number of pyridine rings is 2.